The fourth-order valence-corrected chi connectivity index (χ4v) is 5.12. The van der Waals surface area contributed by atoms with Gasteiger partial charge in [-0.15, -0.1) is 0 Å². The van der Waals surface area contributed by atoms with Crippen molar-refractivity contribution in [3.05, 3.63) is 0 Å². The molecule has 0 radical (unpaired) electrons. The standard InChI is InChI=1S/C22H35FO3/c1-21(2,16-22(3,4)25-19-8-6-5-7-9-19)18-13-10-17(11-14-18)12-15-20(24)26-23/h17-19H,5-11,13-14,16H2,1-4H3. The van der Waals surface area contributed by atoms with Crippen molar-refractivity contribution >= 4 is 5.97 Å². The molecule has 148 valence electrons. The van der Waals surface area contributed by atoms with Crippen molar-refractivity contribution in [2.75, 3.05) is 0 Å². The number of rotatable bonds is 5. The zero-order chi connectivity index (χ0) is 19.2. The summed E-state index contributed by atoms with van der Waals surface area (Å²) in [6, 6.07) is 0. The van der Waals surface area contributed by atoms with Crippen LogP contribution in [0, 0.1) is 29.1 Å². The van der Waals surface area contributed by atoms with Gasteiger partial charge in [-0.05, 0) is 70.1 Å². The van der Waals surface area contributed by atoms with Gasteiger partial charge in [-0.2, -0.15) is 0 Å². The Labute approximate surface area is 158 Å². The molecule has 2 aliphatic carbocycles. The maximum atomic E-state index is 11.7. The molecule has 0 unspecified atom stereocenters. The van der Waals surface area contributed by atoms with E-state index in [2.05, 4.69) is 44.5 Å². The van der Waals surface area contributed by atoms with E-state index in [1.165, 1.54) is 32.1 Å². The summed E-state index contributed by atoms with van der Waals surface area (Å²) in [5, 5.41) is 0. The predicted octanol–water partition coefficient (Wildman–Crippen LogP) is 5.77. The second kappa shape index (κ2) is 9.22. The Hall–Kier alpha value is -1.08. The van der Waals surface area contributed by atoms with Gasteiger partial charge in [0.15, 0.2) is 0 Å². The van der Waals surface area contributed by atoms with Crippen molar-refractivity contribution in [2.45, 2.75) is 104 Å². The molecule has 0 atom stereocenters. The van der Waals surface area contributed by atoms with Crippen LogP contribution in [0.4, 0.5) is 4.53 Å². The second-order valence-corrected chi connectivity index (χ2v) is 9.49. The Morgan fingerprint density at radius 3 is 2.19 bits per heavy atom. The SMILES string of the molecule is CC(C)(CC(C)(C)C1CCC(C#CC(=O)OF)CC1)OC1CCCCC1. The monoisotopic (exact) mass is 366 g/mol. The summed E-state index contributed by atoms with van der Waals surface area (Å²) in [4.78, 5) is 13.9. The lowest BCUT2D eigenvalue weighted by Crippen LogP contribution is -2.39. The lowest BCUT2D eigenvalue weighted by Gasteiger charge is -2.44. The quantitative estimate of drug-likeness (QED) is 0.580. The zero-order valence-electron chi connectivity index (χ0n) is 16.9. The summed E-state index contributed by atoms with van der Waals surface area (Å²) in [6.45, 7) is 9.19. The van der Waals surface area contributed by atoms with Crippen LogP contribution in [0.1, 0.15) is 91.9 Å². The second-order valence-electron chi connectivity index (χ2n) is 9.49. The highest BCUT2D eigenvalue weighted by Gasteiger charge is 2.38. The van der Waals surface area contributed by atoms with Gasteiger partial charge in [0, 0.05) is 16.4 Å². The third kappa shape index (κ3) is 6.58. The van der Waals surface area contributed by atoms with Gasteiger partial charge in [-0.1, -0.05) is 39.0 Å². The first-order valence-corrected chi connectivity index (χ1v) is 10.2. The third-order valence-electron chi connectivity index (χ3n) is 6.20. The smallest absolute Gasteiger partial charge is 0.372 e. The molecule has 2 fully saturated rings. The van der Waals surface area contributed by atoms with Gasteiger partial charge in [0.1, 0.15) is 0 Å². The molecule has 0 aromatic heterocycles. The molecule has 0 N–H and O–H groups in total. The topological polar surface area (TPSA) is 35.5 Å². The maximum absolute atomic E-state index is 11.7. The first-order valence-electron chi connectivity index (χ1n) is 10.2. The van der Waals surface area contributed by atoms with Crippen LogP contribution in [0.25, 0.3) is 0 Å². The number of halogens is 1. The van der Waals surface area contributed by atoms with E-state index < -0.39 is 5.97 Å². The van der Waals surface area contributed by atoms with Gasteiger partial charge in [0.25, 0.3) is 0 Å². The minimum absolute atomic E-state index is 0.104. The molecule has 2 saturated carbocycles. The zero-order valence-corrected chi connectivity index (χ0v) is 16.9. The molecule has 2 aliphatic rings. The van der Waals surface area contributed by atoms with Gasteiger partial charge in [0.05, 0.1) is 11.7 Å². The molecule has 0 bridgehead atoms. The van der Waals surface area contributed by atoms with E-state index in [1.807, 2.05) is 0 Å². The number of carbonyl (C=O) groups excluding carboxylic acids is 1. The number of carbonyl (C=O) groups is 1. The van der Waals surface area contributed by atoms with Crippen LogP contribution in [-0.2, 0) is 14.5 Å². The lowest BCUT2D eigenvalue weighted by atomic mass is 9.65. The highest BCUT2D eigenvalue weighted by molar-refractivity contribution is 5.87. The van der Waals surface area contributed by atoms with Crippen molar-refractivity contribution in [2.24, 2.45) is 17.3 Å². The van der Waals surface area contributed by atoms with Crippen LogP contribution in [0.5, 0.6) is 0 Å². The van der Waals surface area contributed by atoms with Gasteiger partial charge in [0.2, 0.25) is 0 Å². The largest absolute Gasteiger partial charge is 0.423 e. The van der Waals surface area contributed by atoms with Crippen LogP contribution in [0.2, 0.25) is 0 Å². The molecular formula is C22H35FO3. The summed E-state index contributed by atoms with van der Waals surface area (Å²) in [5.74, 6) is 4.80. The molecule has 0 aromatic carbocycles. The number of ether oxygens (including phenoxy) is 1. The molecule has 0 heterocycles. The van der Waals surface area contributed by atoms with Crippen LogP contribution >= 0.6 is 0 Å². The Bertz CT molecular complexity index is 515. The number of hydrogen-bond donors (Lipinski definition) is 0. The fraction of sp³-hybridized carbons (Fsp3) is 0.864. The van der Waals surface area contributed by atoms with Crippen molar-refractivity contribution in [3.63, 3.8) is 0 Å². The van der Waals surface area contributed by atoms with Crippen LogP contribution < -0.4 is 0 Å². The van der Waals surface area contributed by atoms with Crippen molar-refractivity contribution < 1.29 is 19.0 Å². The molecule has 26 heavy (non-hydrogen) atoms. The van der Waals surface area contributed by atoms with Crippen LogP contribution in [0.3, 0.4) is 0 Å². The highest BCUT2D eigenvalue weighted by Crippen LogP contribution is 2.45. The van der Waals surface area contributed by atoms with Gasteiger partial charge in [-0.3, -0.25) is 0 Å². The molecule has 0 amide bonds. The Morgan fingerprint density at radius 1 is 1.00 bits per heavy atom. The normalized spacial score (nSPS) is 25.3. The molecule has 4 heteroatoms. The minimum atomic E-state index is -1.09. The lowest BCUT2D eigenvalue weighted by molar-refractivity contribution is -0.175. The molecule has 0 saturated heterocycles. The average Bonchev–Trinajstić information content (AvgIpc) is 2.59. The van der Waals surface area contributed by atoms with E-state index in [0.717, 1.165) is 32.1 Å². The summed E-state index contributed by atoms with van der Waals surface area (Å²) >= 11 is 0. The van der Waals surface area contributed by atoms with E-state index in [1.54, 1.807) is 0 Å². The first kappa shape index (κ1) is 21.2. The Kier molecular flexibility index (Phi) is 7.52. The van der Waals surface area contributed by atoms with Gasteiger partial charge < -0.3 is 4.74 Å². The average molecular weight is 367 g/mol. The van der Waals surface area contributed by atoms with Gasteiger partial charge in [-0.25, -0.2) is 9.74 Å². The Balaban J connectivity index is 1.85. The molecule has 3 nitrogen and oxygen atoms in total. The number of hydrogen-bond acceptors (Lipinski definition) is 3. The molecule has 0 aromatic rings. The van der Waals surface area contributed by atoms with Gasteiger partial charge >= 0.3 is 5.97 Å². The summed E-state index contributed by atoms with van der Waals surface area (Å²) < 4.78 is 18.2. The molecular weight excluding hydrogens is 331 g/mol. The summed E-state index contributed by atoms with van der Waals surface area (Å²) in [7, 11) is 0. The Morgan fingerprint density at radius 2 is 1.62 bits per heavy atom. The van der Waals surface area contributed by atoms with Crippen molar-refractivity contribution in [1.29, 1.82) is 0 Å². The van der Waals surface area contributed by atoms with Crippen molar-refractivity contribution in [1.82, 2.24) is 0 Å². The van der Waals surface area contributed by atoms with Crippen LogP contribution in [-0.4, -0.2) is 17.7 Å². The molecule has 0 aliphatic heterocycles. The van der Waals surface area contributed by atoms with E-state index in [4.69, 9.17) is 4.74 Å². The van der Waals surface area contributed by atoms with E-state index in [0.29, 0.717) is 12.0 Å². The fourth-order valence-electron chi connectivity index (χ4n) is 5.12. The minimum Gasteiger partial charge on any atom is -0.372 e. The van der Waals surface area contributed by atoms with E-state index in [9.17, 15) is 9.32 Å². The van der Waals surface area contributed by atoms with Crippen molar-refractivity contribution in [3.8, 4) is 11.8 Å². The molecule has 2 rings (SSSR count). The third-order valence-corrected chi connectivity index (χ3v) is 6.20. The highest BCUT2D eigenvalue weighted by atomic mass is 19.3. The van der Waals surface area contributed by atoms with Crippen LogP contribution in [0.15, 0.2) is 0 Å². The van der Waals surface area contributed by atoms with E-state index >= 15 is 0 Å². The first-order chi connectivity index (χ1) is 12.2. The summed E-state index contributed by atoms with van der Waals surface area (Å²) in [5.41, 5.74) is 0.0987. The maximum Gasteiger partial charge on any atom is 0.423 e. The van der Waals surface area contributed by atoms with E-state index in [-0.39, 0.29) is 16.9 Å². The molecule has 0 spiro atoms. The summed E-state index contributed by atoms with van der Waals surface area (Å²) in [6.07, 6.45) is 11.9. The predicted molar refractivity (Wildman–Crippen MR) is 101 cm³/mol.